The fourth-order valence-electron chi connectivity index (χ4n) is 1.12. The third-order valence-corrected chi connectivity index (χ3v) is 2.78. The summed E-state index contributed by atoms with van der Waals surface area (Å²) in [7, 11) is 0. The van der Waals surface area contributed by atoms with Crippen molar-refractivity contribution in [3.63, 3.8) is 0 Å². The summed E-state index contributed by atoms with van der Waals surface area (Å²) < 4.78 is 12.7. The Balaban J connectivity index is 2.34. The van der Waals surface area contributed by atoms with E-state index in [2.05, 4.69) is 11.9 Å². The Morgan fingerprint density at radius 1 is 1.53 bits per heavy atom. The van der Waals surface area contributed by atoms with Gasteiger partial charge in [0.05, 0.1) is 11.4 Å². The number of hydrogen-bond acceptors (Lipinski definition) is 3. The highest BCUT2D eigenvalue weighted by molar-refractivity contribution is 7.99. The molecule has 0 aromatic heterocycles. The molecule has 1 aromatic rings. The molecule has 0 fully saturated rings. The zero-order valence-electron chi connectivity index (χ0n) is 8.50. The van der Waals surface area contributed by atoms with Crippen molar-refractivity contribution < 1.29 is 4.39 Å². The zero-order valence-corrected chi connectivity index (χ0v) is 9.32. The summed E-state index contributed by atoms with van der Waals surface area (Å²) in [6.45, 7) is 4.45. The van der Waals surface area contributed by atoms with Crippen molar-refractivity contribution in [2.24, 2.45) is 0 Å². The molecule has 0 saturated heterocycles. The van der Waals surface area contributed by atoms with E-state index in [1.807, 2.05) is 6.08 Å². The topological polar surface area (TPSA) is 38.0 Å². The molecule has 0 bridgehead atoms. The molecule has 3 N–H and O–H groups in total. The normalized spacial score (nSPS) is 9.93. The average Bonchev–Trinajstić information content (AvgIpc) is 2.20. The van der Waals surface area contributed by atoms with Crippen LogP contribution in [0, 0.1) is 5.82 Å². The van der Waals surface area contributed by atoms with E-state index in [1.165, 1.54) is 12.1 Å². The highest BCUT2D eigenvalue weighted by atomic mass is 32.2. The van der Waals surface area contributed by atoms with E-state index in [-0.39, 0.29) is 5.82 Å². The van der Waals surface area contributed by atoms with Crippen LogP contribution in [0.3, 0.4) is 0 Å². The third-order valence-electron chi connectivity index (χ3n) is 1.81. The van der Waals surface area contributed by atoms with Gasteiger partial charge in [0.25, 0.3) is 0 Å². The Morgan fingerprint density at radius 3 is 3.00 bits per heavy atom. The predicted molar refractivity (Wildman–Crippen MR) is 66.8 cm³/mol. The molecule has 82 valence electrons. The molecule has 0 radical (unpaired) electrons. The van der Waals surface area contributed by atoms with Gasteiger partial charge in [-0.1, -0.05) is 6.08 Å². The Morgan fingerprint density at radius 2 is 2.33 bits per heavy atom. The van der Waals surface area contributed by atoms with E-state index >= 15 is 0 Å². The van der Waals surface area contributed by atoms with Gasteiger partial charge in [0.1, 0.15) is 5.82 Å². The van der Waals surface area contributed by atoms with Crippen molar-refractivity contribution in [2.45, 2.75) is 0 Å². The minimum Gasteiger partial charge on any atom is -0.397 e. The van der Waals surface area contributed by atoms with Gasteiger partial charge in [-0.3, -0.25) is 0 Å². The van der Waals surface area contributed by atoms with Crippen LogP contribution in [-0.2, 0) is 0 Å². The lowest BCUT2D eigenvalue weighted by Gasteiger charge is -2.08. The number of halogens is 1. The van der Waals surface area contributed by atoms with Gasteiger partial charge in [0.15, 0.2) is 0 Å². The number of rotatable bonds is 6. The number of hydrogen-bond donors (Lipinski definition) is 2. The van der Waals surface area contributed by atoms with Crippen LogP contribution in [0.5, 0.6) is 0 Å². The Labute approximate surface area is 93.7 Å². The number of nitrogens with one attached hydrogen (secondary N) is 1. The monoisotopic (exact) mass is 226 g/mol. The zero-order chi connectivity index (χ0) is 11.1. The van der Waals surface area contributed by atoms with Crippen molar-refractivity contribution in [1.82, 2.24) is 0 Å². The maximum atomic E-state index is 12.7. The van der Waals surface area contributed by atoms with Gasteiger partial charge >= 0.3 is 0 Å². The number of nitrogen functional groups attached to an aromatic ring is 1. The van der Waals surface area contributed by atoms with Crippen LogP contribution in [0.15, 0.2) is 30.9 Å². The van der Waals surface area contributed by atoms with Crippen LogP contribution < -0.4 is 11.1 Å². The molecule has 0 aliphatic rings. The molecule has 0 unspecified atom stereocenters. The lowest BCUT2D eigenvalue weighted by Crippen LogP contribution is -2.06. The van der Waals surface area contributed by atoms with Crippen LogP contribution in [0.1, 0.15) is 0 Å². The molecule has 4 heteroatoms. The highest BCUT2D eigenvalue weighted by Gasteiger charge is 1.99. The van der Waals surface area contributed by atoms with Gasteiger partial charge < -0.3 is 11.1 Å². The van der Waals surface area contributed by atoms with Crippen LogP contribution >= 0.6 is 11.8 Å². The Kier molecular flexibility index (Phi) is 5.04. The molecule has 0 spiro atoms. The molecule has 1 rings (SSSR count). The first-order chi connectivity index (χ1) is 7.24. The third kappa shape index (κ3) is 4.25. The highest BCUT2D eigenvalue weighted by Crippen LogP contribution is 2.18. The SMILES string of the molecule is C=CCSCCNc1ccc(F)cc1N. The molecule has 0 aliphatic heterocycles. The first-order valence-electron chi connectivity index (χ1n) is 4.71. The standard InChI is InChI=1S/C11H15FN2S/c1-2-6-15-7-5-14-11-4-3-9(12)8-10(11)13/h2-4,8,14H,1,5-7,13H2. The quantitative estimate of drug-likeness (QED) is 0.445. The second kappa shape index (κ2) is 6.35. The average molecular weight is 226 g/mol. The molecular weight excluding hydrogens is 211 g/mol. The van der Waals surface area contributed by atoms with Crippen molar-refractivity contribution in [3.8, 4) is 0 Å². The van der Waals surface area contributed by atoms with Gasteiger partial charge in [0, 0.05) is 18.1 Å². The molecule has 1 aromatic carbocycles. The van der Waals surface area contributed by atoms with Crippen LogP contribution in [0.2, 0.25) is 0 Å². The predicted octanol–water partition coefficient (Wildman–Crippen LogP) is 2.74. The molecule has 0 aliphatic carbocycles. The molecule has 2 nitrogen and oxygen atoms in total. The van der Waals surface area contributed by atoms with Gasteiger partial charge in [0.2, 0.25) is 0 Å². The number of thioether (sulfide) groups is 1. The molecule has 0 atom stereocenters. The van der Waals surface area contributed by atoms with Crippen molar-refractivity contribution in [3.05, 3.63) is 36.7 Å². The van der Waals surface area contributed by atoms with Gasteiger partial charge in [-0.15, -0.1) is 6.58 Å². The van der Waals surface area contributed by atoms with E-state index in [0.29, 0.717) is 5.69 Å². The Hall–Kier alpha value is -1.16. The lowest BCUT2D eigenvalue weighted by atomic mass is 10.2. The summed E-state index contributed by atoms with van der Waals surface area (Å²) >= 11 is 1.79. The van der Waals surface area contributed by atoms with Gasteiger partial charge in [-0.2, -0.15) is 11.8 Å². The number of anilines is 2. The lowest BCUT2D eigenvalue weighted by molar-refractivity contribution is 0.628. The second-order valence-corrected chi connectivity index (χ2v) is 4.17. The summed E-state index contributed by atoms with van der Waals surface area (Å²) in [5, 5.41) is 3.15. The van der Waals surface area contributed by atoms with Crippen LogP contribution in [0.25, 0.3) is 0 Å². The van der Waals surface area contributed by atoms with Crippen molar-refractivity contribution in [1.29, 1.82) is 0 Å². The van der Waals surface area contributed by atoms with E-state index in [1.54, 1.807) is 17.8 Å². The first kappa shape index (κ1) is 11.9. The van der Waals surface area contributed by atoms with Crippen molar-refractivity contribution >= 4 is 23.1 Å². The van der Waals surface area contributed by atoms with Crippen LogP contribution in [-0.4, -0.2) is 18.1 Å². The van der Waals surface area contributed by atoms with Gasteiger partial charge in [-0.05, 0) is 18.2 Å². The molecule has 15 heavy (non-hydrogen) atoms. The largest absolute Gasteiger partial charge is 0.397 e. The minimum absolute atomic E-state index is 0.306. The molecule has 0 heterocycles. The number of benzene rings is 1. The summed E-state index contributed by atoms with van der Waals surface area (Å²) in [4.78, 5) is 0. The fourth-order valence-corrected chi connectivity index (χ4v) is 1.70. The van der Waals surface area contributed by atoms with E-state index in [9.17, 15) is 4.39 Å². The maximum Gasteiger partial charge on any atom is 0.125 e. The van der Waals surface area contributed by atoms with E-state index in [0.717, 1.165) is 23.7 Å². The maximum absolute atomic E-state index is 12.7. The number of nitrogens with two attached hydrogens (primary N) is 1. The Bertz CT molecular complexity index is 328. The smallest absolute Gasteiger partial charge is 0.125 e. The summed E-state index contributed by atoms with van der Waals surface area (Å²) in [6.07, 6.45) is 1.87. The van der Waals surface area contributed by atoms with E-state index < -0.39 is 0 Å². The first-order valence-corrected chi connectivity index (χ1v) is 5.87. The van der Waals surface area contributed by atoms with Crippen LogP contribution in [0.4, 0.5) is 15.8 Å². The second-order valence-electron chi connectivity index (χ2n) is 3.02. The van der Waals surface area contributed by atoms with Crippen molar-refractivity contribution in [2.75, 3.05) is 29.1 Å². The summed E-state index contributed by atoms with van der Waals surface area (Å²) in [5.41, 5.74) is 6.87. The minimum atomic E-state index is -0.306. The fraction of sp³-hybridized carbons (Fsp3) is 0.273. The van der Waals surface area contributed by atoms with E-state index in [4.69, 9.17) is 5.73 Å². The summed E-state index contributed by atoms with van der Waals surface area (Å²) in [6, 6.07) is 4.37. The van der Waals surface area contributed by atoms with Gasteiger partial charge in [-0.25, -0.2) is 4.39 Å². The molecular formula is C11H15FN2S. The summed E-state index contributed by atoms with van der Waals surface area (Å²) in [5.74, 6) is 1.61. The molecule has 0 saturated carbocycles. The molecule has 0 amide bonds.